The van der Waals surface area contributed by atoms with E-state index in [4.69, 9.17) is 0 Å². The number of hydrogen-bond acceptors (Lipinski definition) is 3. The average Bonchev–Trinajstić information content (AvgIpc) is 2.57. The first-order valence-corrected chi connectivity index (χ1v) is 8.03. The number of unbranched alkanes of at least 4 members (excludes halogenated alkanes) is 3. The Morgan fingerprint density at radius 2 is 2.04 bits per heavy atom. The number of pyridine rings is 1. The average molecular weight is 305 g/mol. The first-order chi connectivity index (χ1) is 11.2. The van der Waals surface area contributed by atoms with Crippen LogP contribution in [0.3, 0.4) is 0 Å². The first-order valence-electron chi connectivity index (χ1n) is 8.03. The number of rotatable bonds is 7. The van der Waals surface area contributed by atoms with Gasteiger partial charge in [-0.25, -0.2) is 15.0 Å². The molecule has 3 heteroatoms. The Kier molecular flexibility index (Phi) is 6.42. The third-order valence-electron chi connectivity index (χ3n) is 3.44. The summed E-state index contributed by atoms with van der Waals surface area (Å²) in [4.78, 5) is 13.5. The summed E-state index contributed by atoms with van der Waals surface area (Å²) in [6.07, 6.45) is 14.3. The van der Waals surface area contributed by atoms with Crippen LogP contribution in [0.15, 0.2) is 43.1 Å². The monoisotopic (exact) mass is 305 g/mol. The molecule has 2 heterocycles. The van der Waals surface area contributed by atoms with Crippen LogP contribution in [0, 0.1) is 0 Å². The number of hydrogen-bond donors (Lipinski definition) is 0. The molecule has 0 aromatic carbocycles. The van der Waals surface area contributed by atoms with Crippen molar-refractivity contribution in [2.75, 3.05) is 0 Å². The van der Waals surface area contributed by atoms with Gasteiger partial charge in [0.15, 0.2) is 5.82 Å². The van der Waals surface area contributed by atoms with Crippen molar-refractivity contribution in [3.8, 4) is 11.5 Å². The standard InChI is InChI=1S/C20H23N3/c1-4-6-7-8-9-12-17-13-10-14-19(22-17)20-21-15-16(3)18(23-20)11-5-2/h5,9-15H,2-4,6-8H2,1H3/b12-9+,18-11+. The van der Waals surface area contributed by atoms with Crippen molar-refractivity contribution >= 4 is 18.7 Å². The van der Waals surface area contributed by atoms with E-state index in [2.05, 4.69) is 47.2 Å². The minimum absolute atomic E-state index is 0.603. The fraction of sp³-hybridized carbons (Fsp3) is 0.250. The minimum Gasteiger partial charge on any atom is -0.245 e. The van der Waals surface area contributed by atoms with E-state index < -0.39 is 0 Å². The molecule has 2 aromatic rings. The second-order valence-corrected chi connectivity index (χ2v) is 5.35. The second-order valence-electron chi connectivity index (χ2n) is 5.35. The smallest absolute Gasteiger partial charge is 0.178 e. The predicted octanol–water partition coefficient (Wildman–Crippen LogP) is 3.51. The Bertz CT molecular complexity index is 791. The summed E-state index contributed by atoms with van der Waals surface area (Å²) in [6.45, 7) is 9.83. The van der Waals surface area contributed by atoms with Crippen molar-refractivity contribution in [3.63, 3.8) is 0 Å². The van der Waals surface area contributed by atoms with Gasteiger partial charge in [-0.15, -0.1) is 0 Å². The van der Waals surface area contributed by atoms with Gasteiger partial charge in [-0.2, -0.15) is 0 Å². The third kappa shape index (κ3) is 4.99. The van der Waals surface area contributed by atoms with Gasteiger partial charge < -0.3 is 0 Å². The van der Waals surface area contributed by atoms with Crippen LogP contribution in [0.25, 0.3) is 30.2 Å². The summed E-state index contributed by atoms with van der Waals surface area (Å²) < 4.78 is 0. The highest BCUT2D eigenvalue weighted by molar-refractivity contribution is 5.54. The lowest BCUT2D eigenvalue weighted by molar-refractivity contribution is 0.730. The Morgan fingerprint density at radius 1 is 1.17 bits per heavy atom. The van der Waals surface area contributed by atoms with Gasteiger partial charge in [0.1, 0.15) is 5.69 Å². The molecule has 0 aliphatic heterocycles. The van der Waals surface area contributed by atoms with Crippen molar-refractivity contribution in [1.82, 2.24) is 15.0 Å². The molecule has 118 valence electrons. The molecule has 0 bridgehead atoms. The van der Waals surface area contributed by atoms with Crippen LogP contribution in [-0.4, -0.2) is 15.0 Å². The molecule has 2 rings (SSSR count). The van der Waals surface area contributed by atoms with Gasteiger partial charge in [-0.3, -0.25) is 0 Å². The number of aromatic nitrogens is 3. The van der Waals surface area contributed by atoms with E-state index in [1.807, 2.05) is 24.3 Å². The number of allylic oxidation sites excluding steroid dienone is 2. The van der Waals surface area contributed by atoms with Gasteiger partial charge in [0.25, 0.3) is 0 Å². The van der Waals surface area contributed by atoms with Gasteiger partial charge in [-0.1, -0.05) is 51.1 Å². The molecule has 0 saturated heterocycles. The zero-order chi connectivity index (χ0) is 16.5. The van der Waals surface area contributed by atoms with Crippen molar-refractivity contribution < 1.29 is 0 Å². The minimum atomic E-state index is 0.603. The molecule has 2 aromatic heterocycles. The molecular weight excluding hydrogens is 282 g/mol. The summed E-state index contributed by atoms with van der Waals surface area (Å²) in [5.41, 5.74) is 1.69. The Morgan fingerprint density at radius 3 is 2.83 bits per heavy atom. The maximum atomic E-state index is 4.62. The Hall–Kier alpha value is -2.55. The first kappa shape index (κ1) is 16.8. The van der Waals surface area contributed by atoms with E-state index in [0.29, 0.717) is 5.82 Å². The molecule has 0 saturated carbocycles. The molecule has 0 aliphatic carbocycles. The lowest BCUT2D eigenvalue weighted by Gasteiger charge is -2.01. The summed E-state index contributed by atoms with van der Waals surface area (Å²) >= 11 is 0. The van der Waals surface area contributed by atoms with E-state index in [1.165, 1.54) is 19.3 Å². The topological polar surface area (TPSA) is 38.7 Å². The molecule has 0 unspecified atom stereocenters. The van der Waals surface area contributed by atoms with Crippen LogP contribution >= 0.6 is 0 Å². The maximum Gasteiger partial charge on any atom is 0.178 e. The van der Waals surface area contributed by atoms with E-state index in [9.17, 15) is 0 Å². The molecule has 0 amide bonds. The zero-order valence-electron chi connectivity index (χ0n) is 13.7. The van der Waals surface area contributed by atoms with Gasteiger partial charge in [0.2, 0.25) is 0 Å². The quantitative estimate of drug-likeness (QED) is 0.735. The van der Waals surface area contributed by atoms with Gasteiger partial charge >= 0.3 is 0 Å². The highest BCUT2D eigenvalue weighted by Crippen LogP contribution is 2.11. The van der Waals surface area contributed by atoms with Crippen molar-refractivity contribution in [2.24, 2.45) is 0 Å². The van der Waals surface area contributed by atoms with Crippen molar-refractivity contribution in [3.05, 3.63) is 59.4 Å². The largest absolute Gasteiger partial charge is 0.245 e. The predicted molar refractivity (Wildman–Crippen MR) is 97.9 cm³/mol. The Balaban J connectivity index is 2.23. The van der Waals surface area contributed by atoms with Crippen LogP contribution in [0.1, 0.15) is 38.3 Å². The zero-order valence-corrected chi connectivity index (χ0v) is 13.7. The van der Waals surface area contributed by atoms with Crippen LogP contribution in [-0.2, 0) is 0 Å². The highest BCUT2D eigenvalue weighted by atomic mass is 14.9. The molecule has 0 radical (unpaired) electrons. The van der Waals surface area contributed by atoms with Crippen LogP contribution in [0.5, 0.6) is 0 Å². The fourth-order valence-electron chi connectivity index (χ4n) is 2.18. The van der Waals surface area contributed by atoms with Crippen LogP contribution in [0.2, 0.25) is 0 Å². The number of nitrogens with zero attached hydrogens (tertiary/aromatic N) is 3. The summed E-state index contributed by atoms with van der Waals surface area (Å²) in [7, 11) is 0. The van der Waals surface area contributed by atoms with Gasteiger partial charge in [0, 0.05) is 11.4 Å². The van der Waals surface area contributed by atoms with Crippen molar-refractivity contribution in [2.45, 2.75) is 32.6 Å². The van der Waals surface area contributed by atoms with Gasteiger partial charge in [-0.05, 0) is 37.1 Å². The van der Waals surface area contributed by atoms with E-state index in [0.717, 1.165) is 28.4 Å². The lowest BCUT2D eigenvalue weighted by atomic mass is 10.2. The van der Waals surface area contributed by atoms with Crippen LogP contribution < -0.4 is 10.6 Å². The Labute approximate surface area is 137 Å². The maximum absolute atomic E-state index is 4.62. The molecule has 3 nitrogen and oxygen atoms in total. The lowest BCUT2D eigenvalue weighted by Crippen LogP contribution is -2.28. The van der Waals surface area contributed by atoms with Crippen LogP contribution in [0.4, 0.5) is 0 Å². The second kappa shape index (κ2) is 8.79. The van der Waals surface area contributed by atoms with E-state index in [-0.39, 0.29) is 0 Å². The summed E-state index contributed by atoms with van der Waals surface area (Å²) in [5.74, 6) is 0.603. The van der Waals surface area contributed by atoms with Crippen molar-refractivity contribution in [1.29, 1.82) is 0 Å². The summed E-state index contributed by atoms with van der Waals surface area (Å²) in [6, 6.07) is 5.89. The molecule has 0 spiro atoms. The molecule has 0 N–H and O–H groups in total. The summed E-state index contributed by atoms with van der Waals surface area (Å²) in [5, 5.41) is 1.55. The fourth-order valence-corrected chi connectivity index (χ4v) is 2.18. The molecule has 23 heavy (non-hydrogen) atoms. The molecular formula is C20H23N3. The third-order valence-corrected chi connectivity index (χ3v) is 3.44. The molecule has 0 atom stereocenters. The van der Waals surface area contributed by atoms with Gasteiger partial charge in [0.05, 0.1) is 11.0 Å². The molecule has 0 fully saturated rings. The normalized spacial score (nSPS) is 12.0. The highest BCUT2D eigenvalue weighted by Gasteiger charge is 2.03. The van der Waals surface area contributed by atoms with E-state index in [1.54, 1.807) is 12.3 Å². The van der Waals surface area contributed by atoms with E-state index >= 15 is 0 Å². The molecule has 0 aliphatic rings. The SMILES string of the molecule is C=C/C=c1/nc(-c2cccc(/C=C/CCCCC)n2)ncc1=C.